The Balaban J connectivity index is 0. The number of hydrogen-bond acceptors (Lipinski definition) is 3. The first kappa shape index (κ1) is 10.8. The zero-order valence-corrected chi connectivity index (χ0v) is 7.58. The average molecular weight is 221 g/mol. The van der Waals surface area contributed by atoms with Crippen molar-refractivity contribution in [3.8, 4) is 0 Å². The SMILES string of the molecule is CC(=O)OC(C)=O.[Sn+2]. The summed E-state index contributed by atoms with van der Waals surface area (Å²) in [7, 11) is 0. The number of hydrogen-bond donors (Lipinski definition) is 0. The molecule has 0 saturated heterocycles. The molecule has 0 saturated carbocycles. The molecule has 4 heteroatoms. The minimum absolute atomic E-state index is 0. The number of rotatable bonds is 0. The van der Waals surface area contributed by atoms with Crippen LogP contribution in [0.3, 0.4) is 0 Å². The molecule has 0 N–H and O–H groups in total. The first-order chi connectivity index (χ1) is 3.13. The maximum absolute atomic E-state index is 9.81. The van der Waals surface area contributed by atoms with Crippen LogP contribution in [0.25, 0.3) is 0 Å². The van der Waals surface area contributed by atoms with E-state index < -0.39 is 11.9 Å². The van der Waals surface area contributed by atoms with E-state index in [9.17, 15) is 9.59 Å². The van der Waals surface area contributed by atoms with Gasteiger partial charge < -0.3 is 4.74 Å². The van der Waals surface area contributed by atoms with E-state index in [0.717, 1.165) is 0 Å². The van der Waals surface area contributed by atoms with Crippen LogP contribution >= 0.6 is 0 Å². The van der Waals surface area contributed by atoms with Gasteiger partial charge in [-0.15, -0.1) is 0 Å². The summed E-state index contributed by atoms with van der Waals surface area (Å²) in [5.74, 6) is -1.12. The summed E-state index contributed by atoms with van der Waals surface area (Å²) in [5, 5.41) is 0. The van der Waals surface area contributed by atoms with Gasteiger partial charge in [0.05, 0.1) is 0 Å². The van der Waals surface area contributed by atoms with E-state index in [0.29, 0.717) is 0 Å². The summed E-state index contributed by atoms with van der Waals surface area (Å²) < 4.78 is 3.97. The predicted molar refractivity (Wildman–Crippen MR) is 28.2 cm³/mol. The van der Waals surface area contributed by atoms with E-state index >= 15 is 0 Å². The number of esters is 2. The van der Waals surface area contributed by atoms with Crippen LogP contribution in [0.4, 0.5) is 0 Å². The molecule has 0 aliphatic rings. The summed E-state index contributed by atoms with van der Waals surface area (Å²) >= 11 is 0. The van der Waals surface area contributed by atoms with Gasteiger partial charge in [0.2, 0.25) is 0 Å². The molecule has 0 spiro atoms. The van der Waals surface area contributed by atoms with Crippen LogP contribution in [0, 0.1) is 0 Å². The Morgan fingerprint density at radius 3 is 1.38 bits per heavy atom. The van der Waals surface area contributed by atoms with Crippen molar-refractivity contribution < 1.29 is 14.3 Å². The van der Waals surface area contributed by atoms with E-state index in [2.05, 4.69) is 4.74 Å². The second-order valence-corrected chi connectivity index (χ2v) is 1.09. The Morgan fingerprint density at radius 1 is 1.12 bits per heavy atom. The van der Waals surface area contributed by atoms with Crippen molar-refractivity contribution in [3.05, 3.63) is 0 Å². The van der Waals surface area contributed by atoms with Gasteiger partial charge in [0.15, 0.2) is 0 Å². The number of carbonyl (C=O) groups excluding carboxylic acids is 2. The first-order valence-electron chi connectivity index (χ1n) is 1.82. The molecule has 0 aromatic rings. The predicted octanol–water partition coefficient (Wildman–Crippen LogP) is -0.285. The molecule has 0 fully saturated rings. The smallest absolute Gasteiger partial charge is 0.394 e. The molecule has 2 radical (unpaired) electrons. The van der Waals surface area contributed by atoms with Crippen molar-refractivity contribution in [2.45, 2.75) is 13.8 Å². The van der Waals surface area contributed by atoms with Crippen molar-refractivity contribution in [2.75, 3.05) is 0 Å². The summed E-state index contributed by atoms with van der Waals surface area (Å²) in [6.07, 6.45) is 0. The normalized spacial score (nSPS) is 6.75. The van der Waals surface area contributed by atoms with Crippen LogP contribution in [0.15, 0.2) is 0 Å². The molecular weight excluding hydrogens is 215 g/mol. The molecular formula is C4H6O3Sn+2. The summed E-state index contributed by atoms with van der Waals surface area (Å²) in [6.45, 7) is 2.36. The van der Waals surface area contributed by atoms with Crippen molar-refractivity contribution in [3.63, 3.8) is 0 Å². The third-order valence-corrected chi connectivity index (χ3v) is 0.287. The Hall–Kier alpha value is -0.0613. The fourth-order valence-corrected chi connectivity index (χ4v) is 0.202. The van der Waals surface area contributed by atoms with Crippen molar-refractivity contribution in [1.82, 2.24) is 0 Å². The van der Waals surface area contributed by atoms with Gasteiger partial charge in [-0.3, -0.25) is 9.59 Å². The number of carbonyl (C=O) groups is 2. The maximum Gasteiger partial charge on any atom is 2.00 e. The van der Waals surface area contributed by atoms with Gasteiger partial charge in [0.25, 0.3) is 0 Å². The van der Waals surface area contributed by atoms with Crippen LogP contribution < -0.4 is 0 Å². The van der Waals surface area contributed by atoms with Gasteiger partial charge in [-0.05, 0) is 0 Å². The largest absolute Gasteiger partial charge is 2.00 e. The Kier molecular flexibility index (Phi) is 6.89. The van der Waals surface area contributed by atoms with Crippen molar-refractivity contribution in [2.24, 2.45) is 0 Å². The summed E-state index contributed by atoms with van der Waals surface area (Å²) in [6, 6.07) is 0. The molecule has 0 aromatic heterocycles. The van der Waals surface area contributed by atoms with E-state index in [1.807, 2.05) is 0 Å². The third-order valence-electron chi connectivity index (χ3n) is 0.287. The molecule has 0 aliphatic carbocycles. The molecule has 8 heavy (non-hydrogen) atoms. The fraction of sp³-hybridized carbons (Fsp3) is 0.500. The van der Waals surface area contributed by atoms with Gasteiger partial charge in [0.1, 0.15) is 0 Å². The molecule has 0 bridgehead atoms. The molecule has 0 heterocycles. The minimum atomic E-state index is -0.562. The molecule has 0 amide bonds. The quantitative estimate of drug-likeness (QED) is 0.320. The van der Waals surface area contributed by atoms with Crippen molar-refractivity contribution >= 4 is 35.8 Å². The van der Waals surface area contributed by atoms with Gasteiger partial charge in [0, 0.05) is 13.8 Å². The van der Waals surface area contributed by atoms with E-state index in [4.69, 9.17) is 0 Å². The molecule has 0 atom stereocenters. The monoisotopic (exact) mass is 222 g/mol. The second-order valence-electron chi connectivity index (χ2n) is 1.09. The van der Waals surface area contributed by atoms with Gasteiger partial charge in [-0.25, -0.2) is 0 Å². The minimum Gasteiger partial charge on any atom is -0.394 e. The van der Waals surface area contributed by atoms with E-state index in [1.54, 1.807) is 0 Å². The van der Waals surface area contributed by atoms with Crippen LogP contribution in [0.1, 0.15) is 13.8 Å². The maximum atomic E-state index is 9.81. The molecule has 0 rings (SSSR count). The van der Waals surface area contributed by atoms with Gasteiger partial charge >= 0.3 is 35.8 Å². The van der Waals surface area contributed by atoms with E-state index in [-0.39, 0.29) is 23.9 Å². The zero-order chi connectivity index (χ0) is 5.86. The first-order valence-corrected chi connectivity index (χ1v) is 1.82. The molecule has 0 aromatic carbocycles. The molecule has 42 valence electrons. The Morgan fingerprint density at radius 2 is 1.38 bits per heavy atom. The van der Waals surface area contributed by atoms with Crippen LogP contribution in [0.5, 0.6) is 0 Å². The number of ether oxygens (including phenoxy) is 1. The Labute approximate surface area is 64.3 Å². The fourth-order valence-electron chi connectivity index (χ4n) is 0.202. The molecule has 0 unspecified atom stereocenters. The zero-order valence-electron chi connectivity index (χ0n) is 4.72. The van der Waals surface area contributed by atoms with Crippen LogP contribution in [-0.4, -0.2) is 35.8 Å². The standard InChI is InChI=1S/C4H6O3.Sn/c1-3(5)7-4(2)6;/h1-2H3;/q;+2. The summed E-state index contributed by atoms with van der Waals surface area (Å²) in [4.78, 5) is 19.6. The Bertz CT molecular complexity index is 87.5. The van der Waals surface area contributed by atoms with E-state index in [1.165, 1.54) is 13.8 Å². The molecule has 0 aliphatic heterocycles. The van der Waals surface area contributed by atoms with Crippen molar-refractivity contribution in [1.29, 1.82) is 0 Å². The third kappa shape index (κ3) is 9.34. The van der Waals surface area contributed by atoms with Gasteiger partial charge in [-0.2, -0.15) is 0 Å². The molecule has 3 nitrogen and oxygen atoms in total. The second kappa shape index (κ2) is 5.08. The average Bonchev–Trinajstić information content (AvgIpc) is 1.27. The summed E-state index contributed by atoms with van der Waals surface area (Å²) in [5.41, 5.74) is 0. The van der Waals surface area contributed by atoms with Crippen LogP contribution in [0.2, 0.25) is 0 Å². The van der Waals surface area contributed by atoms with Crippen LogP contribution in [-0.2, 0) is 14.3 Å². The topological polar surface area (TPSA) is 43.4 Å². The van der Waals surface area contributed by atoms with Gasteiger partial charge in [-0.1, -0.05) is 0 Å².